The number of hydrogen-bond acceptors (Lipinski definition) is 3. The minimum absolute atomic E-state index is 0.500. The molecule has 0 aromatic heterocycles. The van der Waals surface area contributed by atoms with Gasteiger partial charge in [-0.2, -0.15) is 4.33 Å². The summed E-state index contributed by atoms with van der Waals surface area (Å²) in [5, 5.41) is 0. The Morgan fingerprint density at radius 1 is 0.609 bits per heavy atom. The Labute approximate surface area is 141 Å². The Kier molecular flexibility index (Phi) is 5.13. The van der Waals surface area contributed by atoms with Crippen molar-refractivity contribution < 1.29 is 9.22 Å². The van der Waals surface area contributed by atoms with Crippen molar-refractivity contribution in [2.45, 2.75) is 4.75 Å². The molecule has 3 aromatic carbocycles. The second-order valence-electron chi connectivity index (χ2n) is 5.10. The standard InChI is InChI=1S/C20H18O2S/c1-21-22-23-20(17-11-5-2-6-12-17,18-13-7-3-8-14-18)19-15-9-4-10-16-19/h2-16H,1H3. The molecular formula is C20H18O2S. The van der Waals surface area contributed by atoms with E-state index in [0.29, 0.717) is 0 Å². The van der Waals surface area contributed by atoms with E-state index in [4.69, 9.17) is 9.22 Å². The van der Waals surface area contributed by atoms with Crippen LogP contribution in [0.5, 0.6) is 0 Å². The Balaban J connectivity index is 2.25. The molecule has 0 heterocycles. The summed E-state index contributed by atoms with van der Waals surface area (Å²) in [5.41, 5.74) is 3.42. The van der Waals surface area contributed by atoms with Gasteiger partial charge in [0, 0.05) is 0 Å². The summed E-state index contributed by atoms with van der Waals surface area (Å²) >= 11 is 1.31. The van der Waals surface area contributed by atoms with Gasteiger partial charge in [-0.05, 0) is 16.7 Å². The first kappa shape index (κ1) is 15.8. The Hall–Kier alpha value is -2.07. The van der Waals surface area contributed by atoms with Crippen LogP contribution in [0.1, 0.15) is 16.7 Å². The normalized spacial score (nSPS) is 11.3. The van der Waals surface area contributed by atoms with E-state index in [1.165, 1.54) is 19.2 Å². The van der Waals surface area contributed by atoms with Gasteiger partial charge in [-0.1, -0.05) is 91.0 Å². The van der Waals surface area contributed by atoms with E-state index >= 15 is 0 Å². The zero-order chi connectivity index (χ0) is 16.0. The van der Waals surface area contributed by atoms with E-state index in [2.05, 4.69) is 36.4 Å². The van der Waals surface area contributed by atoms with Gasteiger partial charge in [0.2, 0.25) is 0 Å². The zero-order valence-electron chi connectivity index (χ0n) is 12.9. The summed E-state index contributed by atoms with van der Waals surface area (Å²) < 4.78 is 4.88. The van der Waals surface area contributed by atoms with Crippen LogP contribution >= 0.6 is 12.0 Å². The smallest absolute Gasteiger partial charge is 0.120 e. The summed E-state index contributed by atoms with van der Waals surface area (Å²) in [7, 11) is 1.53. The molecule has 0 saturated carbocycles. The van der Waals surface area contributed by atoms with E-state index in [-0.39, 0.29) is 0 Å². The van der Waals surface area contributed by atoms with Crippen molar-refractivity contribution in [2.24, 2.45) is 0 Å². The van der Waals surface area contributed by atoms with Gasteiger partial charge in [-0.3, -0.25) is 0 Å². The van der Waals surface area contributed by atoms with Crippen molar-refractivity contribution in [1.82, 2.24) is 0 Å². The van der Waals surface area contributed by atoms with Crippen molar-refractivity contribution in [3.8, 4) is 0 Å². The maximum atomic E-state index is 5.38. The maximum Gasteiger partial charge on any atom is 0.120 e. The molecular weight excluding hydrogens is 304 g/mol. The third-order valence-corrected chi connectivity index (χ3v) is 4.93. The molecule has 0 unspecified atom stereocenters. The molecule has 0 spiro atoms. The predicted octanol–water partition coefficient (Wildman–Crippen LogP) is 5.20. The Bertz CT molecular complexity index is 618. The third-order valence-electron chi connectivity index (χ3n) is 3.77. The summed E-state index contributed by atoms with van der Waals surface area (Å²) in [4.78, 5) is 4.92. The van der Waals surface area contributed by atoms with Gasteiger partial charge in [0.25, 0.3) is 0 Å². The molecule has 0 aliphatic heterocycles. The average Bonchev–Trinajstić information content (AvgIpc) is 2.65. The summed E-state index contributed by atoms with van der Waals surface area (Å²) in [5.74, 6) is 0. The van der Waals surface area contributed by atoms with Crippen LogP contribution in [0.2, 0.25) is 0 Å². The van der Waals surface area contributed by atoms with E-state index in [9.17, 15) is 0 Å². The lowest BCUT2D eigenvalue weighted by molar-refractivity contribution is -0.161. The molecule has 0 radical (unpaired) electrons. The number of benzene rings is 3. The molecule has 0 saturated heterocycles. The SMILES string of the molecule is COOSC(c1ccccc1)(c1ccccc1)c1ccccc1. The van der Waals surface area contributed by atoms with Gasteiger partial charge in [-0.25, -0.2) is 4.89 Å². The first-order valence-electron chi connectivity index (χ1n) is 7.43. The van der Waals surface area contributed by atoms with Gasteiger partial charge >= 0.3 is 0 Å². The quantitative estimate of drug-likeness (QED) is 0.269. The van der Waals surface area contributed by atoms with Crippen molar-refractivity contribution in [2.75, 3.05) is 7.11 Å². The highest BCUT2D eigenvalue weighted by molar-refractivity contribution is 7.96. The summed E-state index contributed by atoms with van der Waals surface area (Å²) in [6.45, 7) is 0. The molecule has 0 aliphatic carbocycles. The zero-order valence-corrected chi connectivity index (χ0v) is 13.7. The molecule has 3 heteroatoms. The first-order valence-corrected chi connectivity index (χ1v) is 8.17. The minimum atomic E-state index is -0.500. The van der Waals surface area contributed by atoms with E-state index in [0.717, 1.165) is 16.7 Å². The fourth-order valence-electron chi connectivity index (χ4n) is 2.75. The maximum absolute atomic E-state index is 5.38. The van der Waals surface area contributed by atoms with Gasteiger partial charge in [-0.15, -0.1) is 0 Å². The molecule has 2 nitrogen and oxygen atoms in total. The van der Waals surface area contributed by atoms with E-state index < -0.39 is 4.75 Å². The molecule has 0 bridgehead atoms. The monoisotopic (exact) mass is 322 g/mol. The van der Waals surface area contributed by atoms with Crippen molar-refractivity contribution in [1.29, 1.82) is 0 Å². The predicted molar refractivity (Wildman–Crippen MR) is 94.9 cm³/mol. The molecule has 0 fully saturated rings. The average molecular weight is 322 g/mol. The molecule has 0 aliphatic rings. The molecule has 23 heavy (non-hydrogen) atoms. The van der Waals surface area contributed by atoms with Crippen LogP contribution in [0.15, 0.2) is 91.0 Å². The van der Waals surface area contributed by atoms with Crippen molar-refractivity contribution >= 4 is 12.0 Å². The fourth-order valence-corrected chi connectivity index (χ4v) is 3.61. The van der Waals surface area contributed by atoms with Crippen LogP contribution in [0, 0.1) is 0 Å². The second-order valence-corrected chi connectivity index (χ2v) is 6.01. The molecule has 0 N–H and O–H groups in total. The minimum Gasteiger partial charge on any atom is -0.228 e. The summed E-state index contributed by atoms with van der Waals surface area (Å²) in [6, 6.07) is 31.0. The Morgan fingerprint density at radius 3 is 1.26 bits per heavy atom. The van der Waals surface area contributed by atoms with Gasteiger partial charge in [0.1, 0.15) is 4.75 Å². The van der Waals surface area contributed by atoms with Crippen LogP contribution < -0.4 is 0 Å². The fraction of sp³-hybridized carbons (Fsp3) is 0.100. The lowest BCUT2D eigenvalue weighted by Gasteiger charge is -2.33. The van der Waals surface area contributed by atoms with Gasteiger partial charge in [0.05, 0.1) is 19.2 Å². The van der Waals surface area contributed by atoms with Crippen LogP contribution in [0.25, 0.3) is 0 Å². The van der Waals surface area contributed by atoms with Crippen LogP contribution in [-0.4, -0.2) is 7.11 Å². The highest BCUT2D eigenvalue weighted by Gasteiger charge is 2.38. The van der Waals surface area contributed by atoms with Crippen molar-refractivity contribution in [3.63, 3.8) is 0 Å². The van der Waals surface area contributed by atoms with Gasteiger partial charge in [0.15, 0.2) is 0 Å². The topological polar surface area (TPSA) is 18.5 Å². The molecule has 0 atom stereocenters. The molecule has 3 aromatic rings. The van der Waals surface area contributed by atoms with Crippen LogP contribution in [0.3, 0.4) is 0 Å². The highest BCUT2D eigenvalue weighted by Crippen LogP contribution is 2.48. The van der Waals surface area contributed by atoms with E-state index in [1.807, 2.05) is 54.6 Å². The number of rotatable bonds is 6. The lowest BCUT2D eigenvalue weighted by atomic mass is 9.84. The van der Waals surface area contributed by atoms with E-state index in [1.54, 1.807) is 0 Å². The molecule has 3 rings (SSSR count). The van der Waals surface area contributed by atoms with Crippen LogP contribution in [0.4, 0.5) is 0 Å². The number of hydrogen-bond donors (Lipinski definition) is 0. The highest BCUT2D eigenvalue weighted by atomic mass is 32.2. The summed E-state index contributed by atoms with van der Waals surface area (Å²) in [6.07, 6.45) is 0. The second kappa shape index (κ2) is 7.47. The molecule has 116 valence electrons. The van der Waals surface area contributed by atoms with Crippen LogP contribution in [-0.2, 0) is 14.0 Å². The third kappa shape index (κ3) is 3.17. The molecule has 0 amide bonds. The largest absolute Gasteiger partial charge is 0.228 e. The lowest BCUT2D eigenvalue weighted by Crippen LogP contribution is -2.25. The Morgan fingerprint density at radius 2 is 0.957 bits per heavy atom. The first-order chi connectivity index (χ1) is 11.4. The van der Waals surface area contributed by atoms with Crippen molar-refractivity contribution in [3.05, 3.63) is 108 Å². The van der Waals surface area contributed by atoms with Gasteiger partial charge < -0.3 is 0 Å².